The number of halogens is 1. The number of ketones is 1. The van der Waals surface area contributed by atoms with E-state index in [1.807, 2.05) is 36.9 Å². The lowest BCUT2D eigenvalue weighted by Crippen LogP contribution is -2.54. The first kappa shape index (κ1) is 21.5. The van der Waals surface area contributed by atoms with E-state index in [9.17, 15) is 14.0 Å². The molecule has 2 aromatic rings. The lowest BCUT2D eigenvalue weighted by atomic mass is 9.86. The van der Waals surface area contributed by atoms with E-state index in [1.54, 1.807) is 7.11 Å². The third-order valence-electron chi connectivity index (χ3n) is 6.53. The smallest absolute Gasteiger partial charge is 0.238 e. The summed E-state index contributed by atoms with van der Waals surface area (Å²) < 4.78 is 18.7. The summed E-state index contributed by atoms with van der Waals surface area (Å²) in [5.41, 5.74) is 1.49. The Morgan fingerprint density at radius 2 is 1.77 bits per heavy atom. The number of anilines is 1. The number of rotatable bonds is 6. The van der Waals surface area contributed by atoms with Crippen molar-refractivity contribution < 1.29 is 18.7 Å². The lowest BCUT2D eigenvalue weighted by molar-refractivity contribution is -0.123. The average Bonchev–Trinajstić information content (AvgIpc) is 2.98. The number of likely N-dealkylation sites (tertiary alicyclic amines) is 1. The molecular formula is C25H29FN2O3. The summed E-state index contributed by atoms with van der Waals surface area (Å²) in [5.74, 6) is 0.225. The number of amides is 1. The zero-order valence-corrected chi connectivity index (χ0v) is 18.4. The number of nitrogens with zero attached hydrogens (tertiary/aromatic N) is 2. The summed E-state index contributed by atoms with van der Waals surface area (Å²) in [7, 11) is 1.61. The Morgan fingerprint density at radius 3 is 2.42 bits per heavy atom. The molecule has 2 heterocycles. The van der Waals surface area contributed by atoms with Crippen molar-refractivity contribution in [2.45, 2.75) is 51.1 Å². The van der Waals surface area contributed by atoms with Gasteiger partial charge in [0.1, 0.15) is 11.6 Å². The Balaban J connectivity index is 1.72. The first-order valence-corrected chi connectivity index (χ1v) is 10.9. The van der Waals surface area contributed by atoms with Crippen LogP contribution in [0.3, 0.4) is 0 Å². The highest BCUT2D eigenvalue weighted by Crippen LogP contribution is 2.45. The van der Waals surface area contributed by atoms with Crippen molar-refractivity contribution in [1.29, 1.82) is 0 Å². The van der Waals surface area contributed by atoms with Gasteiger partial charge in [0.15, 0.2) is 5.78 Å². The van der Waals surface area contributed by atoms with E-state index in [1.165, 1.54) is 24.3 Å². The molecule has 2 aliphatic heterocycles. The Morgan fingerprint density at radius 1 is 1.10 bits per heavy atom. The summed E-state index contributed by atoms with van der Waals surface area (Å²) in [6.45, 7) is 5.53. The second-order valence-corrected chi connectivity index (χ2v) is 8.89. The number of fused-ring (bicyclic) bond motifs is 1. The molecule has 0 spiro atoms. The predicted molar refractivity (Wildman–Crippen MR) is 118 cm³/mol. The quantitative estimate of drug-likeness (QED) is 0.639. The topological polar surface area (TPSA) is 49.9 Å². The standard InChI is InChI=1S/C25H29FN2O3/c1-25(2)20-15-19(31-3)11-12-21(20)28(24(25)30)23(27-13-5-4-6-14-27)16-22(29)17-7-9-18(26)10-8-17/h7-12,15,23H,4-6,13-14,16H2,1-3H3. The zero-order valence-electron chi connectivity index (χ0n) is 18.4. The van der Waals surface area contributed by atoms with E-state index in [-0.39, 0.29) is 30.1 Å². The minimum atomic E-state index is -0.711. The van der Waals surface area contributed by atoms with Crippen molar-refractivity contribution in [3.05, 3.63) is 59.4 Å². The molecule has 0 bridgehead atoms. The summed E-state index contributed by atoms with van der Waals surface area (Å²) in [5, 5.41) is 0. The van der Waals surface area contributed by atoms with E-state index < -0.39 is 5.41 Å². The molecular weight excluding hydrogens is 395 g/mol. The van der Waals surface area contributed by atoms with Crippen LogP contribution in [0.15, 0.2) is 42.5 Å². The third-order valence-corrected chi connectivity index (χ3v) is 6.53. The zero-order chi connectivity index (χ0) is 22.2. The van der Waals surface area contributed by atoms with Gasteiger partial charge in [-0.3, -0.25) is 19.4 Å². The second-order valence-electron chi connectivity index (χ2n) is 8.89. The number of hydrogen-bond acceptors (Lipinski definition) is 4. The van der Waals surface area contributed by atoms with Gasteiger partial charge in [0.2, 0.25) is 5.91 Å². The number of benzene rings is 2. The number of carbonyl (C=O) groups is 2. The second kappa shape index (κ2) is 8.42. The van der Waals surface area contributed by atoms with Gasteiger partial charge in [0.25, 0.3) is 0 Å². The molecule has 0 radical (unpaired) electrons. The van der Waals surface area contributed by atoms with Gasteiger partial charge in [-0.15, -0.1) is 0 Å². The van der Waals surface area contributed by atoms with Crippen molar-refractivity contribution >= 4 is 17.4 Å². The van der Waals surface area contributed by atoms with Crippen LogP contribution in [0.2, 0.25) is 0 Å². The van der Waals surface area contributed by atoms with Crippen molar-refractivity contribution in [3.63, 3.8) is 0 Å². The molecule has 0 aromatic heterocycles. The molecule has 1 amide bonds. The summed E-state index contributed by atoms with van der Waals surface area (Å²) in [4.78, 5) is 30.8. The number of carbonyl (C=O) groups excluding carboxylic acids is 2. The Bertz CT molecular complexity index is 981. The molecule has 1 unspecified atom stereocenters. The summed E-state index contributed by atoms with van der Waals surface area (Å²) in [6.07, 6.45) is 3.03. The van der Waals surface area contributed by atoms with Crippen LogP contribution in [0, 0.1) is 5.82 Å². The maximum absolute atomic E-state index is 13.6. The van der Waals surface area contributed by atoms with E-state index in [0.29, 0.717) is 11.3 Å². The van der Waals surface area contributed by atoms with E-state index >= 15 is 0 Å². The van der Waals surface area contributed by atoms with Gasteiger partial charge in [-0.25, -0.2) is 4.39 Å². The molecule has 31 heavy (non-hydrogen) atoms. The molecule has 2 aliphatic rings. The molecule has 4 rings (SSSR count). The maximum Gasteiger partial charge on any atom is 0.238 e. The monoisotopic (exact) mass is 424 g/mol. The van der Waals surface area contributed by atoms with E-state index in [4.69, 9.17) is 4.74 Å². The van der Waals surface area contributed by atoms with Gasteiger partial charge in [0.05, 0.1) is 18.7 Å². The van der Waals surface area contributed by atoms with Crippen LogP contribution < -0.4 is 9.64 Å². The molecule has 0 saturated carbocycles. The first-order valence-electron chi connectivity index (χ1n) is 10.9. The Hall–Kier alpha value is -2.73. The Labute approximate surface area is 182 Å². The number of hydrogen-bond donors (Lipinski definition) is 0. The van der Waals surface area contributed by atoms with Crippen LogP contribution in [0.4, 0.5) is 10.1 Å². The lowest BCUT2D eigenvalue weighted by Gasteiger charge is -2.40. The molecule has 2 aromatic carbocycles. The van der Waals surface area contributed by atoms with Crippen LogP contribution in [-0.4, -0.2) is 43.0 Å². The number of Topliss-reactive ketones (excluding diaryl/α,β-unsaturated/α-hetero) is 1. The van der Waals surface area contributed by atoms with Gasteiger partial charge in [0, 0.05) is 30.8 Å². The van der Waals surface area contributed by atoms with Crippen molar-refractivity contribution in [1.82, 2.24) is 4.90 Å². The van der Waals surface area contributed by atoms with Crippen LogP contribution in [0.1, 0.15) is 55.5 Å². The van der Waals surface area contributed by atoms with Gasteiger partial charge in [-0.05, 0) is 74.7 Å². The van der Waals surface area contributed by atoms with Crippen LogP contribution in [0.5, 0.6) is 5.75 Å². The van der Waals surface area contributed by atoms with Crippen molar-refractivity contribution in [2.75, 3.05) is 25.1 Å². The molecule has 1 saturated heterocycles. The maximum atomic E-state index is 13.6. The predicted octanol–water partition coefficient (Wildman–Crippen LogP) is 4.54. The first-order chi connectivity index (χ1) is 14.8. The highest BCUT2D eigenvalue weighted by molar-refractivity contribution is 6.09. The number of piperidine rings is 1. The van der Waals surface area contributed by atoms with Crippen LogP contribution >= 0.6 is 0 Å². The molecule has 6 heteroatoms. The minimum absolute atomic E-state index is 0.0155. The molecule has 0 aliphatic carbocycles. The highest BCUT2D eigenvalue weighted by Gasteiger charge is 2.48. The normalized spacial score (nSPS) is 19.2. The number of ether oxygens (including phenoxy) is 1. The van der Waals surface area contributed by atoms with E-state index in [0.717, 1.165) is 43.6 Å². The van der Waals surface area contributed by atoms with Gasteiger partial charge >= 0.3 is 0 Å². The van der Waals surface area contributed by atoms with Crippen molar-refractivity contribution in [2.24, 2.45) is 0 Å². The highest BCUT2D eigenvalue weighted by atomic mass is 19.1. The van der Waals surface area contributed by atoms with Gasteiger partial charge in [-0.2, -0.15) is 0 Å². The van der Waals surface area contributed by atoms with Crippen molar-refractivity contribution in [3.8, 4) is 5.75 Å². The molecule has 164 valence electrons. The Kier molecular flexibility index (Phi) is 5.84. The van der Waals surface area contributed by atoms with Gasteiger partial charge in [-0.1, -0.05) is 6.42 Å². The largest absolute Gasteiger partial charge is 0.497 e. The van der Waals surface area contributed by atoms with E-state index in [2.05, 4.69) is 4.90 Å². The number of methoxy groups -OCH3 is 1. The minimum Gasteiger partial charge on any atom is -0.497 e. The summed E-state index contributed by atoms with van der Waals surface area (Å²) >= 11 is 0. The molecule has 1 atom stereocenters. The van der Waals surface area contributed by atoms with Crippen LogP contribution in [-0.2, 0) is 10.2 Å². The molecule has 1 fully saturated rings. The van der Waals surface area contributed by atoms with Gasteiger partial charge < -0.3 is 4.74 Å². The fourth-order valence-corrected chi connectivity index (χ4v) is 4.69. The fraction of sp³-hybridized carbons (Fsp3) is 0.440. The molecule has 0 N–H and O–H groups in total. The van der Waals surface area contributed by atoms with Crippen LogP contribution in [0.25, 0.3) is 0 Å². The fourth-order valence-electron chi connectivity index (χ4n) is 4.69. The summed E-state index contributed by atoms with van der Waals surface area (Å²) in [6, 6.07) is 11.3. The third kappa shape index (κ3) is 3.97. The molecule has 5 nitrogen and oxygen atoms in total. The average molecular weight is 425 g/mol. The SMILES string of the molecule is COc1ccc2c(c1)C(C)(C)C(=O)N2C(CC(=O)c1ccc(F)cc1)N1CCCCC1.